The predicted molar refractivity (Wildman–Crippen MR) is 74.1 cm³/mol. The van der Waals surface area contributed by atoms with Crippen molar-refractivity contribution in [3.8, 4) is 0 Å². The molecule has 0 fully saturated rings. The van der Waals surface area contributed by atoms with Gasteiger partial charge in [-0.2, -0.15) is 0 Å². The first-order chi connectivity index (χ1) is 8.65. The first-order valence-electron chi connectivity index (χ1n) is 5.49. The van der Waals surface area contributed by atoms with Crippen molar-refractivity contribution in [3.63, 3.8) is 0 Å². The van der Waals surface area contributed by atoms with Crippen molar-refractivity contribution in [2.75, 3.05) is 20.3 Å². The molecule has 4 nitrogen and oxygen atoms in total. The molecule has 0 aliphatic heterocycles. The second-order valence-electron chi connectivity index (χ2n) is 3.73. The molecule has 0 aromatic heterocycles. The fraction of sp³-hybridized carbons (Fsp3) is 0.308. The molecule has 98 valence electrons. The Balaban J connectivity index is 2.50. The normalized spacial score (nSPS) is 12.6. The number of methoxy groups -OCH3 is 1. The molecule has 1 atom stereocenters. The van der Waals surface area contributed by atoms with Crippen molar-refractivity contribution in [3.05, 3.63) is 40.4 Å². The molecule has 0 aliphatic rings. The van der Waals surface area contributed by atoms with Crippen molar-refractivity contribution in [1.82, 2.24) is 5.32 Å². The van der Waals surface area contributed by atoms with Crippen LogP contribution in [0, 0.1) is 0 Å². The Hall–Kier alpha value is -1.17. The van der Waals surface area contributed by atoms with Gasteiger partial charge in [0.1, 0.15) is 0 Å². The molecule has 1 aromatic rings. The topological polar surface area (TPSA) is 58.6 Å². The lowest BCUT2D eigenvalue weighted by atomic mass is 10.2. The van der Waals surface area contributed by atoms with Crippen LogP contribution in [0.3, 0.4) is 0 Å². The molecule has 1 amide bonds. The summed E-state index contributed by atoms with van der Waals surface area (Å²) in [5.41, 5.74) is 0.931. The minimum Gasteiger partial charge on any atom is -0.394 e. The highest BCUT2D eigenvalue weighted by molar-refractivity contribution is 9.10. The first-order valence-corrected chi connectivity index (χ1v) is 6.29. The zero-order valence-electron chi connectivity index (χ0n) is 10.1. The van der Waals surface area contributed by atoms with Gasteiger partial charge in [-0.15, -0.1) is 0 Å². The van der Waals surface area contributed by atoms with Gasteiger partial charge in [0.05, 0.1) is 19.3 Å². The number of carbonyl (C=O) groups excluding carboxylic acids is 1. The number of nitrogens with one attached hydrogen (secondary N) is 1. The van der Waals surface area contributed by atoms with E-state index in [0.717, 1.165) is 10.0 Å². The maximum atomic E-state index is 11.6. The highest BCUT2D eigenvalue weighted by Crippen LogP contribution is 2.11. The van der Waals surface area contributed by atoms with Crippen molar-refractivity contribution in [2.24, 2.45) is 0 Å². The zero-order chi connectivity index (χ0) is 13.4. The summed E-state index contributed by atoms with van der Waals surface area (Å²) in [5, 5.41) is 11.6. The average Bonchev–Trinajstić information content (AvgIpc) is 2.37. The van der Waals surface area contributed by atoms with Crippen LogP contribution in [0.5, 0.6) is 0 Å². The molecule has 1 unspecified atom stereocenters. The quantitative estimate of drug-likeness (QED) is 0.784. The van der Waals surface area contributed by atoms with Gasteiger partial charge in [0.25, 0.3) is 0 Å². The summed E-state index contributed by atoms with van der Waals surface area (Å²) in [6.45, 7) is 0.139. The van der Waals surface area contributed by atoms with Gasteiger partial charge >= 0.3 is 0 Å². The van der Waals surface area contributed by atoms with Crippen LogP contribution in [0.1, 0.15) is 5.56 Å². The molecule has 1 rings (SSSR count). The van der Waals surface area contributed by atoms with Crippen LogP contribution in [0.4, 0.5) is 0 Å². The molecular formula is C13H16BrNO3. The molecule has 0 radical (unpaired) electrons. The molecule has 5 heteroatoms. The third-order valence-corrected chi connectivity index (χ3v) is 2.76. The van der Waals surface area contributed by atoms with Gasteiger partial charge < -0.3 is 15.2 Å². The summed E-state index contributed by atoms with van der Waals surface area (Å²) in [5.74, 6) is -0.256. The Kier molecular flexibility index (Phi) is 6.64. The van der Waals surface area contributed by atoms with Gasteiger partial charge in [-0.25, -0.2) is 0 Å². The number of hydrogen-bond donors (Lipinski definition) is 2. The Morgan fingerprint density at radius 1 is 1.50 bits per heavy atom. The van der Waals surface area contributed by atoms with Gasteiger partial charge in [0.15, 0.2) is 0 Å². The van der Waals surface area contributed by atoms with Gasteiger partial charge in [0.2, 0.25) is 5.91 Å². The Morgan fingerprint density at radius 2 is 2.17 bits per heavy atom. The standard InChI is InChI=1S/C13H16BrNO3/c1-18-9-12(8-16)15-13(17)7-4-10-2-5-11(14)6-3-10/h2-7,12,16H,8-9H2,1H3,(H,15,17)/b7-4+. The molecule has 2 N–H and O–H groups in total. The van der Waals surface area contributed by atoms with E-state index in [1.165, 1.54) is 13.2 Å². The van der Waals surface area contributed by atoms with Crippen LogP contribution in [0.15, 0.2) is 34.8 Å². The highest BCUT2D eigenvalue weighted by atomic mass is 79.9. The van der Waals surface area contributed by atoms with E-state index < -0.39 is 0 Å². The molecule has 1 aromatic carbocycles. The highest BCUT2D eigenvalue weighted by Gasteiger charge is 2.08. The summed E-state index contributed by atoms with van der Waals surface area (Å²) in [7, 11) is 1.52. The lowest BCUT2D eigenvalue weighted by Gasteiger charge is -2.13. The van der Waals surface area contributed by atoms with E-state index in [2.05, 4.69) is 21.2 Å². The summed E-state index contributed by atoms with van der Waals surface area (Å²) in [6.07, 6.45) is 3.14. The number of aliphatic hydroxyl groups is 1. The van der Waals surface area contributed by atoms with Gasteiger partial charge in [0, 0.05) is 17.7 Å². The van der Waals surface area contributed by atoms with E-state index in [4.69, 9.17) is 9.84 Å². The van der Waals surface area contributed by atoms with Crippen LogP contribution >= 0.6 is 15.9 Å². The molecule has 0 saturated heterocycles. The fourth-order valence-electron chi connectivity index (χ4n) is 1.34. The lowest BCUT2D eigenvalue weighted by Crippen LogP contribution is -2.39. The van der Waals surface area contributed by atoms with Crippen molar-refractivity contribution in [1.29, 1.82) is 0 Å². The second-order valence-corrected chi connectivity index (χ2v) is 4.64. The summed E-state index contributed by atoms with van der Waals surface area (Å²) < 4.78 is 5.86. The van der Waals surface area contributed by atoms with Crippen LogP contribution < -0.4 is 5.32 Å². The number of rotatable bonds is 6. The lowest BCUT2D eigenvalue weighted by molar-refractivity contribution is -0.117. The Bertz CT molecular complexity index is 403. The minimum absolute atomic E-state index is 0.147. The van der Waals surface area contributed by atoms with E-state index in [9.17, 15) is 4.79 Å². The van der Waals surface area contributed by atoms with Crippen LogP contribution in [0.2, 0.25) is 0 Å². The largest absolute Gasteiger partial charge is 0.394 e. The molecular weight excluding hydrogens is 298 g/mol. The number of aliphatic hydroxyl groups excluding tert-OH is 1. The fourth-order valence-corrected chi connectivity index (χ4v) is 1.60. The van der Waals surface area contributed by atoms with Gasteiger partial charge in [-0.1, -0.05) is 28.1 Å². The Labute approximate surface area is 115 Å². The number of hydrogen-bond acceptors (Lipinski definition) is 3. The maximum Gasteiger partial charge on any atom is 0.244 e. The maximum absolute atomic E-state index is 11.6. The second kappa shape index (κ2) is 8.02. The number of amides is 1. The smallest absolute Gasteiger partial charge is 0.244 e. The minimum atomic E-state index is -0.378. The van der Waals surface area contributed by atoms with Crippen LogP contribution in [0.25, 0.3) is 6.08 Å². The van der Waals surface area contributed by atoms with Gasteiger partial charge in [-0.05, 0) is 23.8 Å². The molecule has 0 bridgehead atoms. The van der Waals surface area contributed by atoms with E-state index in [-0.39, 0.29) is 25.2 Å². The number of benzene rings is 1. The van der Waals surface area contributed by atoms with E-state index in [1.54, 1.807) is 6.08 Å². The number of halogens is 1. The van der Waals surface area contributed by atoms with Crippen molar-refractivity contribution in [2.45, 2.75) is 6.04 Å². The first kappa shape index (κ1) is 14.9. The average molecular weight is 314 g/mol. The van der Waals surface area contributed by atoms with E-state index >= 15 is 0 Å². The summed E-state index contributed by atoms with van der Waals surface area (Å²) >= 11 is 3.34. The van der Waals surface area contributed by atoms with Gasteiger partial charge in [-0.3, -0.25) is 4.79 Å². The molecule has 0 heterocycles. The molecule has 0 aliphatic carbocycles. The van der Waals surface area contributed by atoms with E-state index in [1.807, 2.05) is 24.3 Å². The van der Waals surface area contributed by atoms with E-state index in [0.29, 0.717) is 0 Å². The number of ether oxygens (including phenoxy) is 1. The third kappa shape index (κ3) is 5.44. The Morgan fingerprint density at radius 3 is 2.72 bits per heavy atom. The monoisotopic (exact) mass is 313 g/mol. The summed E-state index contributed by atoms with van der Waals surface area (Å²) in [6, 6.07) is 7.22. The molecule has 18 heavy (non-hydrogen) atoms. The van der Waals surface area contributed by atoms with Crippen LogP contribution in [-0.2, 0) is 9.53 Å². The van der Waals surface area contributed by atoms with Crippen molar-refractivity contribution < 1.29 is 14.6 Å². The summed E-state index contributed by atoms with van der Waals surface area (Å²) in [4.78, 5) is 11.6. The van der Waals surface area contributed by atoms with Crippen molar-refractivity contribution >= 4 is 27.9 Å². The number of carbonyl (C=O) groups is 1. The molecule has 0 saturated carbocycles. The molecule has 0 spiro atoms. The zero-order valence-corrected chi connectivity index (χ0v) is 11.7. The predicted octanol–water partition coefficient (Wildman–Crippen LogP) is 1.59. The van der Waals surface area contributed by atoms with Crippen LogP contribution in [-0.4, -0.2) is 37.4 Å². The SMILES string of the molecule is COCC(CO)NC(=O)/C=C/c1ccc(Br)cc1. The third-order valence-electron chi connectivity index (χ3n) is 2.23.